The molecule has 1 aliphatic rings. The third kappa shape index (κ3) is 4.64. The van der Waals surface area contributed by atoms with Crippen molar-refractivity contribution in [1.29, 1.82) is 0 Å². The van der Waals surface area contributed by atoms with Crippen molar-refractivity contribution >= 4 is 27.9 Å². The summed E-state index contributed by atoms with van der Waals surface area (Å²) < 4.78 is 5.90. The quantitative estimate of drug-likeness (QED) is 0.543. The maximum Gasteiger partial charge on any atom is 0.328 e. The fraction of sp³-hybridized carbons (Fsp3) is 0.261. The van der Waals surface area contributed by atoms with Crippen LogP contribution in [0, 0.1) is 0 Å². The second kappa shape index (κ2) is 9.34. The number of nitrogens with zero attached hydrogens (tertiary/aromatic N) is 2. The van der Waals surface area contributed by atoms with Crippen molar-refractivity contribution in [3.05, 3.63) is 87.9 Å². The second-order valence-electron chi connectivity index (χ2n) is 7.38. The average Bonchev–Trinajstić information content (AvgIpc) is 3.27. The second-order valence-corrected chi connectivity index (χ2v) is 8.29. The Morgan fingerprint density at radius 1 is 1.23 bits per heavy atom. The van der Waals surface area contributed by atoms with Gasteiger partial charge in [0, 0.05) is 29.6 Å². The molecular formula is C23H23BrN4O3. The number of fused-ring (bicyclic) bond motifs is 1. The van der Waals surface area contributed by atoms with E-state index in [2.05, 4.69) is 31.2 Å². The van der Waals surface area contributed by atoms with Gasteiger partial charge in [0.15, 0.2) is 0 Å². The van der Waals surface area contributed by atoms with Crippen LogP contribution in [0.5, 0.6) is 0 Å². The summed E-state index contributed by atoms with van der Waals surface area (Å²) in [5, 5.41) is 2.89. The van der Waals surface area contributed by atoms with E-state index >= 15 is 0 Å². The summed E-state index contributed by atoms with van der Waals surface area (Å²) in [7, 11) is 1.33. The molecule has 1 aliphatic heterocycles. The fourth-order valence-corrected chi connectivity index (χ4v) is 4.16. The van der Waals surface area contributed by atoms with Gasteiger partial charge in [0.25, 0.3) is 0 Å². The lowest BCUT2D eigenvalue weighted by Crippen LogP contribution is -2.52. The number of imidazole rings is 1. The Kier molecular flexibility index (Phi) is 6.36. The van der Waals surface area contributed by atoms with Crippen molar-refractivity contribution in [3.8, 4) is 0 Å². The zero-order chi connectivity index (χ0) is 21.8. The number of carbonyl (C=O) groups excluding carboxylic acids is 2. The summed E-state index contributed by atoms with van der Waals surface area (Å²) in [5.74, 6) is -0.477. The third-order valence-corrected chi connectivity index (χ3v) is 5.97. The lowest BCUT2D eigenvalue weighted by molar-refractivity contribution is -0.142. The number of halogens is 1. The van der Waals surface area contributed by atoms with Gasteiger partial charge >= 0.3 is 12.0 Å². The lowest BCUT2D eigenvalue weighted by atomic mass is 9.96. The molecule has 31 heavy (non-hydrogen) atoms. The van der Waals surface area contributed by atoms with Gasteiger partial charge in [-0.2, -0.15) is 0 Å². The topological polar surface area (TPSA) is 87.3 Å². The maximum absolute atomic E-state index is 13.4. The van der Waals surface area contributed by atoms with Crippen molar-refractivity contribution in [2.45, 2.75) is 24.9 Å². The summed E-state index contributed by atoms with van der Waals surface area (Å²) in [6, 6.07) is 15.9. The van der Waals surface area contributed by atoms with Crippen LogP contribution in [0.4, 0.5) is 4.79 Å². The Morgan fingerprint density at radius 2 is 1.97 bits per heavy atom. The number of esters is 1. The summed E-state index contributed by atoms with van der Waals surface area (Å²) in [4.78, 5) is 35.2. The number of urea groups is 1. The molecule has 0 unspecified atom stereocenters. The molecule has 0 spiro atoms. The van der Waals surface area contributed by atoms with Gasteiger partial charge in [-0.05, 0) is 23.3 Å². The highest BCUT2D eigenvalue weighted by Crippen LogP contribution is 2.34. The molecule has 2 amide bonds. The van der Waals surface area contributed by atoms with E-state index in [0.29, 0.717) is 19.4 Å². The summed E-state index contributed by atoms with van der Waals surface area (Å²) >= 11 is 3.46. The molecule has 0 fully saturated rings. The minimum absolute atomic E-state index is 0.326. The molecule has 0 saturated carbocycles. The van der Waals surface area contributed by atoms with Crippen LogP contribution in [0.2, 0.25) is 0 Å². The molecule has 0 bridgehead atoms. The van der Waals surface area contributed by atoms with Gasteiger partial charge in [-0.1, -0.05) is 58.4 Å². The number of H-pyrrole nitrogens is 1. The Balaban J connectivity index is 1.60. The number of hydrogen-bond acceptors (Lipinski definition) is 4. The van der Waals surface area contributed by atoms with Gasteiger partial charge in [-0.3, -0.25) is 0 Å². The molecule has 2 N–H and O–H groups in total. The van der Waals surface area contributed by atoms with Gasteiger partial charge in [0.1, 0.15) is 12.1 Å². The van der Waals surface area contributed by atoms with Crippen molar-refractivity contribution in [2.24, 2.45) is 0 Å². The van der Waals surface area contributed by atoms with Crippen LogP contribution in [0.15, 0.2) is 65.4 Å². The number of carbonyl (C=O) groups is 2. The van der Waals surface area contributed by atoms with Crippen LogP contribution in [-0.4, -0.2) is 46.6 Å². The first-order valence-corrected chi connectivity index (χ1v) is 10.8. The van der Waals surface area contributed by atoms with E-state index in [-0.39, 0.29) is 12.1 Å². The number of ether oxygens (including phenoxy) is 1. The lowest BCUT2D eigenvalue weighted by Gasteiger charge is -2.36. The van der Waals surface area contributed by atoms with Crippen molar-refractivity contribution in [1.82, 2.24) is 20.2 Å². The Morgan fingerprint density at radius 3 is 2.68 bits per heavy atom. The van der Waals surface area contributed by atoms with Crippen molar-refractivity contribution in [2.75, 3.05) is 13.7 Å². The number of amides is 2. The van der Waals surface area contributed by atoms with E-state index in [4.69, 9.17) is 4.74 Å². The largest absolute Gasteiger partial charge is 0.467 e. The number of aromatic amines is 1. The molecule has 160 valence electrons. The number of rotatable bonds is 5. The van der Waals surface area contributed by atoms with E-state index in [1.807, 2.05) is 54.6 Å². The van der Waals surface area contributed by atoms with E-state index < -0.39 is 12.0 Å². The predicted octanol–water partition coefficient (Wildman–Crippen LogP) is 3.61. The Hall–Kier alpha value is -3.13. The van der Waals surface area contributed by atoms with Crippen LogP contribution in [0.25, 0.3) is 0 Å². The van der Waals surface area contributed by atoms with E-state index in [0.717, 1.165) is 27.0 Å². The predicted molar refractivity (Wildman–Crippen MR) is 119 cm³/mol. The number of benzene rings is 2. The third-order valence-electron chi connectivity index (χ3n) is 5.44. The van der Waals surface area contributed by atoms with Gasteiger partial charge in [0.2, 0.25) is 0 Å². The molecule has 3 aromatic rings. The fourth-order valence-electron chi connectivity index (χ4n) is 3.90. The molecule has 0 aliphatic carbocycles. The zero-order valence-corrected chi connectivity index (χ0v) is 18.6. The van der Waals surface area contributed by atoms with Crippen LogP contribution >= 0.6 is 15.9 Å². The van der Waals surface area contributed by atoms with E-state index in [9.17, 15) is 9.59 Å². The zero-order valence-electron chi connectivity index (χ0n) is 17.0. The standard InChI is InChI=1S/C23H23BrN4O3/c1-31-22(29)19(13-15-5-3-2-4-6-15)27-23(30)28-12-11-18-20(26-14-25-18)21(28)16-7-9-17(24)10-8-16/h2-10,14,19,21H,11-13H2,1H3,(H,25,26)(H,27,30)/t19-,21-/m0/s1. The van der Waals surface area contributed by atoms with Crippen molar-refractivity contribution in [3.63, 3.8) is 0 Å². The van der Waals surface area contributed by atoms with Crippen LogP contribution in [0.3, 0.4) is 0 Å². The summed E-state index contributed by atoms with van der Waals surface area (Å²) in [6.07, 6.45) is 2.67. The molecule has 4 rings (SSSR count). The normalized spacial score (nSPS) is 16.3. The molecule has 2 aromatic carbocycles. The Bertz CT molecular complexity index is 1050. The van der Waals surface area contributed by atoms with Gasteiger partial charge in [-0.25, -0.2) is 14.6 Å². The number of hydrogen-bond donors (Lipinski definition) is 2. The number of methoxy groups -OCH3 is 1. The van der Waals surface area contributed by atoms with Crippen LogP contribution in [-0.2, 0) is 22.4 Å². The average molecular weight is 483 g/mol. The first-order chi connectivity index (χ1) is 15.1. The molecule has 0 saturated heterocycles. The highest BCUT2D eigenvalue weighted by molar-refractivity contribution is 9.10. The van der Waals surface area contributed by atoms with Crippen LogP contribution < -0.4 is 5.32 Å². The summed E-state index contributed by atoms with van der Waals surface area (Å²) in [5.41, 5.74) is 3.73. The van der Waals surface area contributed by atoms with E-state index in [1.165, 1.54) is 7.11 Å². The highest BCUT2D eigenvalue weighted by atomic mass is 79.9. The number of nitrogens with one attached hydrogen (secondary N) is 2. The smallest absolute Gasteiger partial charge is 0.328 e. The first-order valence-electron chi connectivity index (χ1n) is 10.0. The molecule has 0 radical (unpaired) electrons. The van der Waals surface area contributed by atoms with Crippen molar-refractivity contribution < 1.29 is 14.3 Å². The highest BCUT2D eigenvalue weighted by Gasteiger charge is 2.35. The molecule has 8 heteroatoms. The molecule has 1 aromatic heterocycles. The van der Waals surface area contributed by atoms with Gasteiger partial charge in [-0.15, -0.1) is 0 Å². The molecule has 2 heterocycles. The van der Waals surface area contributed by atoms with Crippen LogP contribution in [0.1, 0.15) is 28.6 Å². The maximum atomic E-state index is 13.4. The van der Waals surface area contributed by atoms with E-state index in [1.54, 1.807) is 11.2 Å². The Labute approximate surface area is 189 Å². The minimum Gasteiger partial charge on any atom is -0.467 e. The van der Waals surface area contributed by atoms with Gasteiger partial charge in [0.05, 0.1) is 19.1 Å². The number of aromatic nitrogens is 2. The molecule has 2 atom stereocenters. The SMILES string of the molecule is COC(=O)[C@H](Cc1ccccc1)NC(=O)N1CCc2[nH]cnc2[C@@H]1c1ccc(Br)cc1. The molecule has 7 nitrogen and oxygen atoms in total. The monoisotopic (exact) mass is 482 g/mol. The minimum atomic E-state index is -0.786. The molecular weight excluding hydrogens is 460 g/mol. The van der Waals surface area contributed by atoms with Gasteiger partial charge < -0.3 is 19.9 Å². The summed E-state index contributed by atoms with van der Waals surface area (Å²) in [6.45, 7) is 0.501. The first kappa shape index (κ1) is 21.1.